The molecule has 2 N–H and O–H groups in total. The van der Waals surface area contributed by atoms with E-state index in [0.717, 1.165) is 31.2 Å². The van der Waals surface area contributed by atoms with Crippen LogP contribution >= 0.6 is 39.3 Å². The minimum Gasteiger partial charge on any atom is -0.376 e. The van der Waals surface area contributed by atoms with Crippen molar-refractivity contribution in [1.82, 2.24) is 4.57 Å². The lowest BCUT2D eigenvalue weighted by atomic mass is 10.0. The van der Waals surface area contributed by atoms with Crippen molar-refractivity contribution in [1.29, 1.82) is 0 Å². The predicted octanol–water partition coefficient (Wildman–Crippen LogP) is 5.09. The molecule has 0 unspecified atom stereocenters. The largest absolute Gasteiger partial charge is 0.376 e. The van der Waals surface area contributed by atoms with Crippen LogP contribution in [0.2, 0.25) is 5.02 Å². The van der Waals surface area contributed by atoms with E-state index in [4.69, 9.17) is 11.6 Å². The molecule has 7 heteroatoms. The van der Waals surface area contributed by atoms with E-state index in [1.807, 2.05) is 30.3 Å². The van der Waals surface area contributed by atoms with Gasteiger partial charge in [-0.25, -0.2) is 0 Å². The zero-order valence-corrected chi connectivity index (χ0v) is 16.0. The number of halogens is 2. The Morgan fingerprint density at radius 1 is 1.16 bits per heavy atom. The van der Waals surface area contributed by atoms with E-state index in [9.17, 15) is 9.90 Å². The smallest absolute Gasteiger partial charge is 0.262 e. The Kier molecular flexibility index (Phi) is 4.37. The van der Waals surface area contributed by atoms with Crippen molar-refractivity contribution < 1.29 is 5.11 Å². The van der Waals surface area contributed by atoms with Crippen molar-refractivity contribution >= 4 is 50.7 Å². The molecule has 1 aliphatic heterocycles. The Morgan fingerprint density at radius 2 is 1.92 bits per heavy atom. The second kappa shape index (κ2) is 6.53. The van der Waals surface area contributed by atoms with Gasteiger partial charge in [-0.2, -0.15) is 0 Å². The number of aliphatic hydroxyl groups is 1. The first-order valence-electron chi connectivity index (χ1n) is 7.45. The van der Waals surface area contributed by atoms with Gasteiger partial charge in [0.15, 0.2) is 0 Å². The monoisotopic (exact) mass is 434 g/mol. The fourth-order valence-corrected chi connectivity index (χ4v) is 4.29. The summed E-state index contributed by atoms with van der Waals surface area (Å²) < 4.78 is 2.26. The number of hydrogen-bond donors (Lipinski definition) is 2. The number of nitrogens with zero attached hydrogens (tertiary/aromatic N) is 1. The van der Waals surface area contributed by atoms with Crippen LogP contribution in [-0.4, -0.2) is 9.67 Å². The minimum atomic E-state index is -0.375. The Labute approximate surface area is 161 Å². The number of nitrogens with one attached hydrogen (secondary N) is 1. The highest BCUT2D eigenvalue weighted by Gasteiger charge is 2.23. The van der Waals surface area contributed by atoms with Crippen LogP contribution in [0.1, 0.15) is 0 Å². The van der Waals surface area contributed by atoms with E-state index < -0.39 is 0 Å². The molecule has 0 aliphatic carbocycles. The first-order valence-corrected chi connectivity index (χ1v) is 9.44. The zero-order chi connectivity index (χ0) is 17.6. The van der Waals surface area contributed by atoms with E-state index >= 15 is 0 Å². The molecule has 0 fully saturated rings. The summed E-state index contributed by atoms with van der Waals surface area (Å²) in [5.74, 6) is 0. The van der Waals surface area contributed by atoms with E-state index in [-0.39, 0.29) is 12.3 Å². The van der Waals surface area contributed by atoms with Crippen molar-refractivity contribution in [2.24, 2.45) is 0 Å². The molecule has 4 nitrogen and oxygen atoms in total. The summed E-state index contributed by atoms with van der Waals surface area (Å²) in [5, 5.41) is 13.6. The molecule has 25 heavy (non-hydrogen) atoms. The molecule has 3 aromatic rings. The van der Waals surface area contributed by atoms with Crippen LogP contribution in [-0.2, 0) is 6.73 Å². The molecule has 1 aromatic heterocycles. The highest BCUT2D eigenvalue weighted by atomic mass is 79.9. The van der Waals surface area contributed by atoms with Crippen LogP contribution < -0.4 is 10.9 Å². The van der Waals surface area contributed by atoms with Crippen LogP contribution in [0.15, 0.2) is 67.7 Å². The minimum absolute atomic E-state index is 0.255. The fourth-order valence-electron chi connectivity index (χ4n) is 2.77. The van der Waals surface area contributed by atoms with Crippen LogP contribution in [0.3, 0.4) is 0 Å². The molecular weight excluding hydrogens is 424 g/mol. The average molecular weight is 436 g/mol. The third kappa shape index (κ3) is 3.00. The standard InChI is InChI=1S/C18H12BrClN2O2S/c19-11-3-6-14-13(7-11)21-17-15(25-14)8-22(9-23)18(24)16(17)10-1-4-12(20)5-2-10/h1-8,21,23H,9H2. The Balaban J connectivity index is 1.96. The lowest BCUT2D eigenvalue weighted by molar-refractivity contribution is 0.205. The van der Waals surface area contributed by atoms with E-state index in [1.54, 1.807) is 30.1 Å². The van der Waals surface area contributed by atoms with Gasteiger partial charge >= 0.3 is 0 Å². The summed E-state index contributed by atoms with van der Waals surface area (Å²) in [6, 6.07) is 13.1. The number of fused-ring (bicyclic) bond motifs is 2. The molecule has 0 bridgehead atoms. The maximum absolute atomic E-state index is 12.8. The van der Waals surface area contributed by atoms with Gasteiger partial charge in [0.05, 0.1) is 21.8 Å². The molecule has 0 saturated heterocycles. The van der Waals surface area contributed by atoms with Crippen LogP contribution in [0.25, 0.3) is 11.1 Å². The van der Waals surface area contributed by atoms with Gasteiger partial charge in [-0.05, 0) is 35.9 Å². The molecule has 0 saturated carbocycles. The van der Waals surface area contributed by atoms with E-state index in [2.05, 4.69) is 21.2 Å². The number of rotatable bonds is 2. The highest BCUT2D eigenvalue weighted by Crippen LogP contribution is 2.47. The lowest BCUT2D eigenvalue weighted by Crippen LogP contribution is -2.24. The number of anilines is 2. The first-order chi connectivity index (χ1) is 12.1. The number of hydrogen-bond acceptors (Lipinski definition) is 4. The molecule has 4 rings (SSSR count). The topological polar surface area (TPSA) is 54.3 Å². The van der Waals surface area contributed by atoms with Gasteiger partial charge < -0.3 is 10.4 Å². The summed E-state index contributed by atoms with van der Waals surface area (Å²) in [7, 11) is 0. The van der Waals surface area contributed by atoms with Gasteiger partial charge in [0, 0.05) is 20.6 Å². The molecule has 2 heterocycles. The molecule has 0 radical (unpaired) electrons. The third-order valence-corrected chi connectivity index (χ3v) is 5.80. The van der Waals surface area contributed by atoms with Gasteiger partial charge in [0.1, 0.15) is 6.73 Å². The SMILES string of the molecule is O=c1c(-c2ccc(Cl)cc2)c2c(cn1CO)Sc1ccc(Br)cc1N2. The first kappa shape index (κ1) is 16.7. The van der Waals surface area contributed by atoms with Gasteiger partial charge in [-0.15, -0.1) is 0 Å². The summed E-state index contributed by atoms with van der Waals surface area (Å²) >= 11 is 11.0. The lowest BCUT2D eigenvalue weighted by Gasteiger charge is -2.24. The average Bonchev–Trinajstić information content (AvgIpc) is 2.61. The predicted molar refractivity (Wildman–Crippen MR) is 105 cm³/mol. The van der Waals surface area contributed by atoms with Crippen LogP contribution in [0.4, 0.5) is 11.4 Å². The van der Waals surface area contributed by atoms with Crippen molar-refractivity contribution in [3.63, 3.8) is 0 Å². The zero-order valence-electron chi connectivity index (χ0n) is 12.8. The van der Waals surface area contributed by atoms with Crippen LogP contribution in [0, 0.1) is 0 Å². The molecule has 126 valence electrons. The molecule has 1 aliphatic rings. The van der Waals surface area contributed by atoms with E-state index in [0.29, 0.717) is 10.6 Å². The molecule has 0 spiro atoms. The third-order valence-electron chi connectivity index (χ3n) is 3.95. The van der Waals surface area contributed by atoms with Gasteiger partial charge in [-0.3, -0.25) is 9.36 Å². The summed E-state index contributed by atoms with van der Waals surface area (Å²) in [5.41, 5.74) is 2.69. The number of pyridine rings is 1. The van der Waals surface area contributed by atoms with Crippen LogP contribution in [0.5, 0.6) is 0 Å². The Bertz CT molecular complexity index is 1030. The molecule has 2 aromatic carbocycles. The normalized spacial score (nSPS) is 12.3. The Hall–Kier alpha value is -1.73. The van der Waals surface area contributed by atoms with Crippen molar-refractivity contribution in [2.75, 3.05) is 5.32 Å². The summed E-state index contributed by atoms with van der Waals surface area (Å²) in [6.07, 6.45) is 1.68. The van der Waals surface area contributed by atoms with Gasteiger partial charge in [0.25, 0.3) is 5.56 Å². The van der Waals surface area contributed by atoms with E-state index in [1.165, 1.54) is 4.57 Å². The summed E-state index contributed by atoms with van der Waals surface area (Å²) in [6.45, 7) is -0.375. The molecule has 0 atom stereocenters. The highest BCUT2D eigenvalue weighted by molar-refractivity contribution is 9.10. The van der Waals surface area contributed by atoms with Gasteiger partial charge in [0.2, 0.25) is 0 Å². The molecule has 0 amide bonds. The Morgan fingerprint density at radius 3 is 2.64 bits per heavy atom. The van der Waals surface area contributed by atoms with Crippen molar-refractivity contribution in [2.45, 2.75) is 16.5 Å². The maximum atomic E-state index is 12.8. The number of benzene rings is 2. The quantitative estimate of drug-likeness (QED) is 0.460. The summed E-state index contributed by atoms with van der Waals surface area (Å²) in [4.78, 5) is 14.8. The number of aliphatic hydroxyl groups excluding tert-OH is 1. The maximum Gasteiger partial charge on any atom is 0.262 e. The fraction of sp³-hybridized carbons (Fsp3) is 0.0556. The van der Waals surface area contributed by atoms with Crippen molar-refractivity contribution in [3.05, 3.63) is 68.5 Å². The second-order valence-corrected chi connectivity index (χ2v) is 7.97. The number of aromatic nitrogens is 1. The van der Waals surface area contributed by atoms with Gasteiger partial charge in [-0.1, -0.05) is 51.4 Å². The molecular formula is C18H12BrClN2O2S. The van der Waals surface area contributed by atoms with Crippen molar-refractivity contribution in [3.8, 4) is 11.1 Å². The second-order valence-electron chi connectivity index (χ2n) is 5.53.